The number of benzene rings is 1. The Kier molecular flexibility index (Phi) is 4.29. The van der Waals surface area contributed by atoms with Crippen molar-refractivity contribution in [2.24, 2.45) is 11.1 Å². The van der Waals surface area contributed by atoms with Crippen LogP contribution in [0.15, 0.2) is 18.2 Å². The molecule has 2 N–H and O–H groups in total. The molecule has 1 aromatic rings. The van der Waals surface area contributed by atoms with E-state index in [-0.39, 0.29) is 17.3 Å². The molecule has 0 amide bonds. The van der Waals surface area contributed by atoms with E-state index in [4.69, 9.17) is 17.3 Å². The summed E-state index contributed by atoms with van der Waals surface area (Å²) in [6, 6.07) is 4.80. The third-order valence-electron chi connectivity index (χ3n) is 4.38. The molecule has 1 unspecified atom stereocenters. The molecule has 0 radical (unpaired) electrons. The fraction of sp³-hybridized carbons (Fsp3) is 0.600. The smallest absolute Gasteiger partial charge is 0.127 e. The lowest BCUT2D eigenvalue weighted by atomic mass is 9.69. The zero-order valence-corrected chi connectivity index (χ0v) is 11.6. The van der Waals surface area contributed by atoms with Gasteiger partial charge in [0, 0.05) is 16.6 Å². The Hall–Kier alpha value is -0.600. The molecular formula is C15H21ClFN. The second-order valence-corrected chi connectivity index (χ2v) is 6.13. The molecule has 0 heterocycles. The third kappa shape index (κ3) is 2.86. The lowest BCUT2D eigenvalue weighted by molar-refractivity contribution is 0.168. The van der Waals surface area contributed by atoms with Crippen LogP contribution >= 0.6 is 11.6 Å². The molecule has 18 heavy (non-hydrogen) atoms. The van der Waals surface area contributed by atoms with E-state index in [0.29, 0.717) is 17.0 Å². The van der Waals surface area contributed by atoms with Crippen molar-refractivity contribution in [1.82, 2.24) is 0 Å². The predicted molar refractivity (Wildman–Crippen MR) is 74.3 cm³/mol. The summed E-state index contributed by atoms with van der Waals surface area (Å²) in [7, 11) is 0. The minimum absolute atomic E-state index is 0.0211. The maximum Gasteiger partial charge on any atom is 0.127 e. The highest BCUT2D eigenvalue weighted by Crippen LogP contribution is 2.39. The van der Waals surface area contributed by atoms with Gasteiger partial charge < -0.3 is 5.73 Å². The fourth-order valence-corrected chi connectivity index (χ4v) is 3.16. The summed E-state index contributed by atoms with van der Waals surface area (Å²) < 4.78 is 13.8. The molecule has 1 fully saturated rings. The van der Waals surface area contributed by atoms with E-state index in [1.165, 1.54) is 25.3 Å². The van der Waals surface area contributed by atoms with Crippen molar-refractivity contribution in [3.63, 3.8) is 0 Å². The highest BCUT2D eigenvalue weighted by Gasteiger charge is 2.33. The van der Waals surface area contributed by atoms with Crippen LogP contribution in [0.4, 0.5) is 4.39 Å². The number of hydrogen-bond donors (Lipinski definition) is 1. The van der Waals surface area contributed by atoms with Crippen LogP contribution in [-0.4, -0.2) is 6.04 Å². The van der Waals surface area contributed by atoms with Crippen LogP contribution in [0.1, 0.15) is 44.6 Å². The molecule has 0 saturated heterocycles. The topological polar surface area (TPSA) is 26.0 Å². The second-order valence-electron chi connectivity index (χ2n) is 5.73. The summed E-state index contributed by atoms with van der Waals surface area (Å²) in [6.45, 7) is 2.23. The number of halogens is 2. The lowest BCUT2D eigenvalue weighted by Gasteiger charge is -2.39. The molecule has 0 aliphatic heterocycles. The Morgan fingerprint density at radius 3 is 2.61 bits per heavy atom. The van der Waals surface area contributed by atoms with Crippen molar-refractivity contribution in [2.45, 2.75) is 51.5 Å². The summed E-state index contributed by atoms with van der Waals surface area (Å²) in [5.41, 5.74) is 7.02. The molecule has 1 aliphatic rings. The number of hydrogen-bond acceptors (Lipinski definition) is 1. The van der Waals surface area contributed by atoms with Gasteiger partial charge in [0.25, 0.3) is 0 Å². The van der Waals surface area contributed by atoms with Crippen LogP contribution in [0, 0.1) is 11.2 Å². The van der Waals surface area contributed by atoms with Crippen LogP contribution in [0.3, 0.4) is 0 Å². The van der Waals surface area contributed by atoms with Crippen molar-refractivity contribution in [1.29, 1.82) is 0 Å². The largest absolute Gasteiger partial charge is 0.327 e. The van der Waals surface area contributed by atoms with Gasteiger partial charge in [-0.25, -0.2) is 4.39 Å². The molecule has 3 heteroatoms. The van der Waals surface area contributed by atoms with Gasteiger partial charge in [-0.2, -0.15) is 0 Å². The quantitative estimate of drug-likeness (QED) is 0.869. The first kappa shape index (κ1) is 13.8. The highest BCUT2D eigenvalue weighted by atomic mass is 35.5. The summed E-state index contributed by atoms with van der Waals surface area (Å²) in [5.74, 6) is -0.239. The van der Waals surface area contributed by atoms with Gasteiger partial charge in [-0.15, -0.1) is 0 Å². The molecule has 2 rings (SSSR count). The van der Waals surface area contributed by atoms with Gasteiger partial charge in [-0.1, -0.05) is 43.9 Å². The molecule has 0 spiro atoms. The third-order valence-corrected chi connectivity index (χ3v) is 4.73. The Labute approximate surface area is 114 Å². The zero-order chi connectivity index (χ0) is 13.2. The first-order valence-corrected chi connectivity index (χ1v) is 7.09. The van der Waals surface area contributed by atoms with Gasteiger partial charge in [0.05, 0.1) is 0 Å². The predicted octanol–water partition coefficient (Wildman–Crippen LogP) is 4.32. The van der Waals surface area contributed by atoms with Gasteiger partial charge >= 0.3 is 0 Å². The lowest BCUT2D eigenvalue weighted by Crippen LogP contribution is -2.42. The zero-order valence-electron chi connectivity index (χ0n) is 10.9. The van der Waals surface area contributed by atoms with E-state index >= 15 is 0 Å². The first-order valence-electron chi connectivity index (χ1n) is 6.71. The highest BCUT2D eigenvalue weighted by molar-refractivity contribution is 6.31. The fourth-order valence-electron chi connectivity index (χ4n) is 2.92. The van der Waals surface area contributed by atoms with Crippen molar-refractivity contribution >= 4 is 11.6 Å². The van der Waals surface area contributed by atoms with Crippen molar-refractivity contribution in [2.75, 3.05) is 0 Å². The molecule has 1 aromatic carbocycles. The SMILES string of the molecule is CC1(C(N)Cc2c(F)cccc2Cl)CCCCC1. The monoisotopic (exact) mass is 269 g/mol. The minimum Gasteiger partial charge on any atom is -0.327 e. The maximum atomic E-state index is 13.8. The van der Waals surface area contributed by atoms with Gasteiger partial charge in [-0.3, -0.25) is 0 Å². The summed E-state index contributed by atoms with van der Waals surface area (Å²) in [6.07, 6.45) is 6.57. The molecule has 1 saturated carbocycles. The molecule has 0 bridgehead atoms. The van der Waals surface area contributed by atoms with Crippen LogP contribution in [0.5, 0.6) is 0 Å². The number of rotatable bonds is 3. The molecule has 0 aromatic heterocycles. The summed E-state index contributed by atoms with van der Waals surface area (Å²) in [4.78, 5) is 0. The minimum atomic E-state index is -0.239. The maximum absolute atomic E-state index is 13.8. The van der Waals surface area contributed by atoms with Gasteiger partial charge in [0.2, 0.25) is 0 Å². The summed E-state index contributed by atoms with van der Waals surface area (Å²) >= 11 is 6.06. The van der Waals surface area contributed by atoms with Gasteiger partial charge in [0.1, 0.15) is 5.82 Å². The van der Waals surface area contributed by atoms with Crippen molar-refractivity contribution in [3.05, 3.63) is 34.6 Å². The van der Waals surface area contributed by atoms with Crippen LogP contribution < -0.4 is 5.73 Å². The van der Waals surface area contributed by atoms with Gasteiger partial charge in [0.15, 0.2) is 0 Å². The average molecular weight is 270 g/mol. The number of nitrogens with two attached hydrogens (primary N) is 1. The first-order chi connectivity index (χ1) is 8.53. The molecule has 100 valence electrons. The van der Waals surface area contributed by atoms with E-state index in [9.17, 15) is 4.39 Å². The Morgan fingerprint density at radius 2 is 2.00 bits per heavy atom. The molecule has 1 atom stereocenters. The van der Waals surface area contributed by atoms with Crippen LogP contribution in [0.25, 0.3) is 0 Å². The molecular weight excluding hydrogens is 249 g/mol. The second kappa shape index (κ2) is 5.58. The van der Waals surface area contributed by atoms with E-state index < -0.39 is 0 Å². The van der Waals surface area contributed by atoms with E-state index in [1.807, 2.05) is 0 Å². The normalized spacial score (nSPS) is 20.7. The van der Waals surface area contributed by atoms with Crippen LogP contribution in [-0.2, 0) is 6.42 Å². The standard InChI is InChI=1S/C15H21ClFN/c1-15(8-3-2-4-9-15)14(18)10-11-12(16)6-5-7-13(11)17/h5-7,14H,2-4,8-10,18H2,1H3. The van der Waals surface area contributed by atoms with Crippen molar-refractivity contribution in [3.8, 4) is 0 Å². The Bertz CT molecular complexity index is 393. The molecule has 1 aliphatic carbocycles. The Balaban J connectivity index is 2.13. The Morgan fingerprint density at radius 1 is 1.33 bits per heavy atom. The summed E-state index contributed by atoms with van der Waals surface area (Å²) in [5, 5.41) is 0.491. The van der Waals surface area contributed by atoms with Crippen molar-refractivity contribution < 1.29 is 4.39 Å². The van der Waals surface area contributed by atoms with E-state index in [2.05, 4.69) is 6.92 Å². The average Bonchev–Trinajstić information content (AvgIpc) is 2.34. The van der Waals surface area contributed by atoms with E-state index in [0.717, 1.165) is 12.8 Å². The molecule has 1 nitrogen and oxygen atoms in total. The van der Waals surface area contributed by atoms with E-state index in [1.54, 1.807) is 12.1 Å². The van der Waals surface area contributed by atoms with Crippen LogP contribution in [0.2, 0.25) is 5.02 Å². The van der Waals surface area contributed by atoms with Gasteiger partial charge in [-0.05, 0) is 36.8 Å².